The van der Waals surface area contributed by atoms with Crippen LogP contribution in [0.2, 0.25) is 0 Å². The van der Waals surface area contributed by atoms with Gasteiger partial charge < -0.3 is 9.73 Å². The summed E-state index contributed by atoms with van der Waals surface area (Å²) in [6.07, 6.45) is 3.21. The molecule has 0 aromatic carbocycles. The summed E-state index contributed by atoms with van der Waals surface area (Å²) in [4.78, 5) is 29.2. The quantitative estimate of drug-likeness (QED) is 0.390. The highest BCUT2D eigenvalue weighted by molar-refractivity contribution is 7.99. The predicted molar refractivity (Wildman–Crippen MR) is 100 cm³/mol. The van der Waals surface area contributed by atoms with E-state index >= 15 is 0 Å². The van der Waals surface area contributed by atoms with Crippen LogP contribution in [0, 0.1) is 0 Å². The van der Waals surface area contributed by atoms with Gasteiger partial charge >= 0.3 is 0 Å². The predicted octanol–water partition coefficient (Wildman–Crippen LogP) is 3.21. The first-order valence-electron chi connectivity index (χ1n) is 7.64. The lowest BCUT2D eigenvalue weighted by Crippen LogP contribution is -2.28. The molecule has 1 N–H and O–H groups in total. The maximum Gasteiger partial charge on any atom is 0.272 e. The molecule has 0 aliphatic rings. The Balaban J connectivity index is 1.73. The summed E-state index contributed by atoms with van der Waals surface area (Å²) < 4.78 is 7.43. The van der Waals surface area contributed by atoms with Crippen LogP contribution in [0.4, 0.5) is 0 Å². The van der Waals surface area contributed by atoms with Gasteiger partial charge in [-0.2, -0.15) is 0 Å². The Hall–Kier alpha value is -2.32. The molecule has 0 fully saturated rings. The Morgan fingerprint density at radius 2 is 2.40 bits per heavy atom. The van der Waals surface area contributed by atoms with E-state index in [-0.39, 0.29) is 23.3 Å². The number of nitrogens with zero attached hydrogens (tertiary/aromatic N) is 2. The Bertz CT molecular complexity index is 944. The standard InChI is InChI=1S/C17H17N3O3S2/c1-3-7-20-16(22)15-12(6-9-24-15)19-17(20)25-10-14(21)18-11(2)13-5-4-8-23-13/h3-6,8-9,11H,1,7,10H2,2H3,(H,18,21)/t11-/m1/s1. The average molecular weight is 375 g/mol. The molecule has 6 nitrogen and oxygen atoms in total. The van der Waals surface area contributed by atoms with Crippen LogP contribution in [0.15, 0.2) is 56.9 Å². The Kier molecular flexibility index (Phi) is 5.40. The van der Waals surface area contributed by atoms with Gasteiger partial charge in [-0.05, 0) is 30.5 Å². The van der Waals surface area contributed by atoms with Gasteiger partial charge in [0, 0.05) is 6.54 Å². The van der Waals surface area contributed by atoms with E-state index in [2.05, 4.69) is 16.9 Å². The molecule has 1 amide bonds. The number of fused-ring (bicyclic) bond motifs is 1. The molecule has 0 aliphatic carbocycles. The second-order valence-electron chi connectivity index (χ2n) is 5.33. The van der Waals surface area contributed by atoms with Crippen molar-refractivity contribution in [3.63, 3.8) is 0 Å². The maximum atomic E-state index is 12.5. The number of rotatable bonds is 7. The van der Waals surface area contributed by atoms with Crippen LogP contribution in [-0.2, 0) is 11.3 Å². The highest BCUT2D eigenvalue weighted by atomic mass is 32.2. The summed E-state index contributed by atoms with van der Waals surface area (Å²) in [5, 5.41) is 5.21. The highest BCUT2D eigenvalue weighted by Crippen LogP contribution is 2.21. The fourth-order valence-corrected chi connectivity index (χ4v) is 3.94. The smallest absolute Gasteiger partial charge is 0.272 e. The minimum absolute atomic E-state index is 0.105. The second-order valence-corrected chi connectivity index (χ2v) is 7.19. The molecule has 0 aliphatic heterocycles. The van der Waals surface area contributed by atoms with E-state index in [1.54, 1.807) is 23.0 Å². The van der Waals surface area contributed by atoms with Crippen LogP contribution in [0.1, 0.15) is 18.7 Å². The van der Waals surface area contributed by atoms with Gasteiger partial charge in [-0.3, -0.25) is 14.2 Å². The first-order chi connectivity index (χ1) is 12.1. The average Bonchev–Trinajstić information content (AvgIpc) is 3.27. The van der Waals surface area contributed by atoms with Crippen LogP contribution in [0.5, 0.6) is 0 Å². The number of carbonyl (C=O) groups excluding carboxylic acids is 1. The normalized spacial score (nSPS) is 12.2. The zero-order valence-electron chi connectivity index (χ0n) is 13.6. The van der Waals surface area contributed by atoms with Crippen molar-refractivity contribution in [3.8, 4) is 0 Å². The minimum atomic E-state index is -0.217. The van der Waals surface area contributed by atoms with Gasteiger partial charge in [0.1, 0.15) is 10.5 Å². The molecule has 25 heavy (non-hydrogen) atoms. The van der Waals surface area contributed by atoms with Gasteiger partial charge in [-0.25, -0.2) is 4.98 Å². The number of furan rings is 1. The third-order valence-corrected chi connectivity index (χ3v) is 5.39. The van der Waals surface area contributed by atoms with Crippen molar-refractivity contribution < 1.29 is 9.21 Å². The van der Waals surface area contributed by atoms with E-state index in [0.29, 0.717) is 27.7 Å². The molecule has 0 unspecified atom stereocenters. The van der Waals surface area contributed by atoms with Crippen molar-refractivity contribution in [3.05, 3.63) is 58.6 Å². The molecule has 1 atom stereocenters. The van der Waals surface area contributed by atoms with Crippen LogP contribution in [-0.4, -0.2) is 21.2 Å². The topological polar surface area (TPSA) is 77.1 Å². The molecule has 3 rings (SSSR count). The van der Waals surface area contributed by atoms with Crippen molar-refractivity contribution in [2.24, 2.45) is 0 Å². The number of amides is 1. The molecular weight excluding hydrogens is 358 g/mol. The van der Waals surface area contributed by atoms with E-state index in [1.807, 2.05) is 24.4 Å². The number of nitrogens with one attached hydrogen (secondary N) is 1. The van der Waals surface area contributed by atoms with Gasteiger partial charge in [0.05, 0.1) is 23.6 Å². The third kappa shape index (κ3) is 3.85. The number of thioether (sulfide) groups is 1. The fourth-order valence-electron chi connectivity index (χ4n) is 2.35. The monoisotopic (exact) mass is 375 g/mol. The fraction of sp³-hybridized carbons (Fsp3) is 0.235. The van der Waals surface area contributed by atoms with Crippen LogP contribution in [0.25, 0.3) is 10.2 Å². The first kappa shape index (κ1) is 17.5. The van der Waals surface area contributed by atoms with Crippen LogP contribution in [0.3, 0.4) is 0 Å². The summed E-state index contributed by atoms with van der Waals surface area (Å²) in [6, 6.07) is 5.18. The molecule has 130 valence electrons. The van der Waals surface area contributed by atoms with Gasteiger partial charge in [-0.1, -0.05) is 17.8 Å². The lowest BCUT2D eigenvalue weighted by atomic mass is 10.2. The molecule has 0 saturated carbocycles. The number of allylic oxidation sites excluding steroid dienone is 1. The van der Waals surface area contributed by atoms with Gasteiger partial charge in [-0.15, -0.1) is 17.9 Å². The molecule has 0 radical (unpaired) electrons. The zero-order chi connectivity index (χ0) is 17.8. The van der Waals surface area contributed by atoms with E-state index < -0.39 is 0 Å². The van der Waals surface area contributed by atoms with Crippen LogP contribution < -0.4 is 10.9 Å². The summed E-state index contributed by atoms with van der Waals surface area (Å²) in [7, 11) is 0. The molecule has 3 aromatic rings. The van der Waals surface area contributed by atoms with E-state index in [0.717, 1.165) is 0 Å². The molecule has 0 spiro atoms. The Morgan fingerprint density at radius 3 is 3.12 bits per heavy atom. The summed E-state index contributed by atoms with van der Waals surface area (Å²) >= 11 is 2.60. The Morgan fingerprint density at radius 1 is 1.56 bits per heavy atom. The summed E-state index contributed by atoms with van der Waals surface area (Å²) in [5.41, 5.74) is 0.550. The SMILES string of the molecule is C=CCn1c(SCC(=O)N[C@H](C)c2ccco2)nc2ccsc2c1=O. The lowest BCUT2D eigenvalue weighted by Gasteiger charge is -2.12. The van der Waals surface area contributed by atoms with Crippen LogP contribution >= 0.6 is 23.1 Å². The number of aromatic nitrogens is 2. The zero-order valence-corrected chi connectivity index (χ0v) is 15.2. The highest BCUT2D eigenvalue weighted by Gasteiger charge is 2.15. The number of carbonyl (C=O) groups is 1. The second kappa shape index (κ2) is 7.71. The van der Waals surface area contributed by atoms with Crippen molar-refractivity contribution in [2.75, 3.05) is 5.75 Å². The Labute approximate surface area is 152 Å². The first-order valence-corrected chi connectivity index (χ1v) is 9.51. The minimum Gasteiger partial charge on any atom is -0.467 e. The molecule has 0 bridgehead atoms. The van der Waals surface area contributed by atoms with E-state index in [1.165, 1.54) is 23.1 Å². The molecule has 0 saturated heterocycles. The van der Waals surface area contributed by atoms with E-state index in [9.17, 15) is 9.59 Å². The third-order valence-electron chi connectivity index (χ3n) is 3.52. The van der Waals surface area contributed by atoms with Crippen molar-refractivity contribution in [1.29, 1.82) is 0 Å². The molecule has 8 heteroatoms. The number of hydrogen-bond donors (Lipinski definition) is 1. The van der Waals surface area contributed by atoms with Crippen molar-refractivity contribution in [1.82, 2.24) is 14.9 Å². The summed E-state index contributed by atoms with van der Waals surface area (Å²) in [6.45, 7) is 5.89. The number of hydrogen-bond acceptors (Lipinski definition) is 6. The maximum absolute atomic E-state index is 12.5. The van der Waals surface area contributed by atoms with E-state index in [4.69, 9.17) is 4.42 Å². The number of thiophene rings is 1. The molecular formula is C17H17N3O3S2. The summed E-state index contributed by atoms with van der Waals surface area (Å²) in [5.74, 6) is 0.697. The van der Waals surface area contributed by atoms with Gasteiger partial charge in [0.15, 0.2) is 5.16 Å². The van der Waals surface area contributed by atoms with Gasteiger partial charge in [0.25, 0.3) is 5.56 Å². The molecule has 3 heterocycles. The van der Waals surface area contributed by atoms with Crippen molar-refractivity contribution in [2.45, 2.75) is 24.7 Å². The lowest BCUT2D eigenvalue weighted by molar-refractivity contribution is -0.119. The molecule has 3 aromatic heterocycles. The van der Waals surface area contributed by atoms with Gasteiger partial charge in [0.2, 0.25) is 5.91 Å². The largest absolute Gasteiger partial charge is 0.467 e. The van der Waals surface area contributed by atoms with Crippen molar-refractivity contribution >= 4 is 39.2 Å².